The highest BCUT2D eigenvalue weighted by molar-refractivity contribution is 9.10. The molecule has 0 N–H and O–H groups in total. The topological polar surface area (TPSA) is 52.6 Å². The quantitative estimate of drug-likeness (QED) is 0.270. The first-order valence-corrected chi connectivity index (χ1v) is 9.18. The molecule has 0 radical (unpaired) electrons. The number of benzene rings is 2. The van der Waals surface area contributed by atoms with E-state index in [-0.39, 0.29) is 0 Å². The van der Waals surface area contributed by atoms with Crippen LogP contribution >= 0.6 is 27.7 Å². The summed E-state index contributed by atoms with van der Waals surface area (Å²) in [5, 5.41) is -1.46. The minimum atomic E-state index is -1.71. The average molecular weight is 463 g/mol. The summed E-state index contributed by atoms with van der Waals surface area (Å²) in [6, 6.07) is 7.92. The highest BCUT2D eigenvalue weighted by Gasteiger charge is 2.41. The summed E-state index contributed by atoms with van der Waals surface area (Å²) >= 11 is 4.07. The van der Waals surface area contributed by atoms with Gasteiger partial charge in [0, 0.05) is 14.9 Å². The molecule has 1 atom stereocenters. The Morgan fingerprint density at radius 3 is 1.96 bits per heavy atom. The van der Waals surface area contributed by atoms with Crippen molar-refractivity contribution < 1.29 is 32.2 Å². The predicted octanol–water partition coefficient (Wildman–Crippen LogP) is 4.66. The van der Waals surface area contributed by atoms with E-state index in [1.807, 2.05) is 0 Å². The van der Waals surface area contributed by atoms with Gasteiger partial charge in [-0.05, 0) is 36.4 Å². The zero-order chi connectivity index (χ0) is 20.1. The number of carbonyl (C=O) groups excluding carboxylic acids is 2. The van der Waals surface area contributed by atoms with E-state index < -0.39 is 46.1 Å². The van der Waals surface area contributed by atoms with E-state index >= 15 is 0 Å². The minimum absolute atomic E-state index is 0.490. The molecule has 0 spiro atoms. The normalized spacial score (nSPS) is 12.0. The molecule has 0 saturated heterocycles. The first-order chi connectivity index (χ1) is 12.8. The van der Waals surface area contributed by atoms with E-state index in [2.05, 4.69) is 25.4 Å². The lowest BCUT2D eigenvalue weighted by molar-refractivity contribution is -0.158. The van der Waals surface area contributed by atoms with Gasteiger partial charge in [-0.15, -0.1) is 11.8 Å². The largest absolute Gasteiger partial charge is 0.468 e. The van der Waals surface area contributed by atoms with Gasteiger partial charge < -0.3 is 9.47 Å². The minimum Gasteiger partial charge on any atom is -0.468 e. The van der Waals surface area contributed by atoms with E-state index in [4.69, 9.17) is 0 Å². The molecule has 0 amide bonds. The van der Waals surface area contributed by atoms with Crippen molar-refractivity contribution in [2.45, 2.75) is 10.1 Å². The molecule has 0 bridgehead atoms. The molecule has 9 heteroatoms. The zero-order valence-corrected chi connectivity index (χ0v) is 16.6. The smallest absolute Gasteiger partial charge is 0.321 e. The Bertz CT molecular complexity index is 829. The van der Waals surface area contributed by atoms with Crippen molar-refractivity contribution in [1.82, 2.24) is 0 Å². The van der Waals surface area contributed by atoms with Crippen LogP contribution in [0.5, 0.6) is 0 Å². The maximum atomic E-state index is 14.4. The Morgan fingerprint density at radius 1 is 0.926 bits per heavy atom. The summed E-state index contributed by atoms with van der Waals surface area (Å²) in [5.41, 5.74) is -0.747. The van der Waals surface area contributed by atoms with Crippen molar-refractivity contribution in [3.8, 4) is 0 Å². The van der Waals surface area contributed by atoms with Crippen molar-refractivity contribution in [2.75, 3.05) is 14.2 Å². The number of methoxy groups -OCH3 is 2. The van der Waals surface area contributed by atoms with E-state index in [9.17, 15) is 22.8 Å². The predicted molar refractivity (Wildman–Crippen MR) is 96.6 cm³/mol. The molecule has 2 aromatic carbocycles. The van der Waals surface area contributed by atoms with Gasteiger partial charge in [0.25, 0.3) is 0 Å². The van der Waals surface area contributed by atoms with Gasteiger partial charge in [-0.3, -0.25) is 9.59 Å². The van der Waals surface area contributed by atoms with Crippen LogP contribution in [0.3, 0.4) is 0 Å². The average Bonchev–Trinajstić information content (AvgIpc) is 2.66. The fourth-order valence-electron chi connectivity index (χ4n) is 2.35. The van der Waals surface area contributed by atoms with Gasteiger partial charge >= 0.3 is 11.9 Å². The molecule has 0 aliphatic rings. The molecular weight excluding hydrogens is 449 g/mol. The van der Waals surface area contributed by atoms with Crippen molar-refractivity contribution in [3.05, 3.63) is 63.9 Å². The summed E-state index contributed by atoms with van der Waals surface area (Å²) in [6.45, 7) is 0. The second-order valence-electron chi connectivity index (χ2n) is 5.27. The molecule has 4 nitrogen and oxygen atoms in total. The van der Waals surface area contributed by atoms with Gasteiger partial charge in [0.05, 0.1) is 19.5 Å². The van der Waals surface area contributed by atoms with Crippen LogP contribution in [0.2, 0.25) is 0 Å². The van der Waals surface area contributed by atoms with Gasteiger partial charge in [0.2, 0.25) is 0 Å². The second-order valence-corrected chi connectivity index (χ2v) is 7.40. The summed E-state index contributed by atoms with van der Waals surface area (Å²) in [6.07, 6.45) is 0. The molecule has 144 valence electrons. The molecule has 0 heterocycles. The Hall–Kier alpha value is -2.00. The number of carbonyl (C=O) groups is 2. The Balaban J connectivity index is 2.63. The summed E-state index contributed by atoms with van der Waals surface area (Å²) in [4.78, 5) is 24.9. The molecule has 1 unspecified atom stereocenters. The van der Waals surface area contributed by atoms with Crippen molar-refractivity contribution >= 4 is 39.6 Å². The van der Waals surface area contributed by atoms with Crippen LogP contribution in [0.25, 0.3) is 0 Å². The Kier molecular flexibility index (Phi) is 7.32. The molecule has 0 fully saturated rings. The summed E-state index contributed by atoms with van der Waals surface area (Å²) in [7, 11) is 2.05. The van der Waals surface area contributed by atoms with Gasteiger partial charge in [-0.25, -0.2) is 13.2 Å². The molecule has 0 aromatic heterocycles. The highest BCUT2D eigenvalue weighted by Crippen LogP contribution is 2.44. The number of ether oxygens (including phenoxy) is 2. The Morgan fingerprint density at radius 2 is 1.44 bits per heavy atom. The first-order valence-electron chi connectivity index (χ1n) is 7.51. The van der Waals surface area contributed by atoms with Crippen molar-refractivity contribution in [2.24, 2.45) is 5.92 Å². The van der Waals surface area contributed by atoms with Crippen LogP contribution in [0.4, 0.5) is 13.2 Å². The third kappa shape index (κ3) is 4.84. The number of thioether (sulfide) groups is 1. The third-order valence-corrected chi connectivity index (χ3v) is 5.49. The number of hydrogen-bond acceptors (Lipinski definition) is 5. The summed E-state index contributed by atoms with van der Waals surface area (Å²) < 4.78 is 52.6. The van der Waals surface area contributed by atoms with E-state index in [0.29, 0.717) is 11.0 Å². The number of rotatable bonds is 6. The third-order valence-electron chi connectivity index (χ3n) is 3.65. The van der Waals surface area contributed by atoms with E-state index in [1.165, 1.54) is 0 Å². The fourth-order valence-corrected chi connectivity index (χ4v) is 3.90. The number of hydrogen-bond donors (Lipinski definition) is 0. The van der Waals surface area contributed by atoms with Crippen molar-refractivity contribution in [3.63, 3.8) is 0 Å². The van der Waals surface area contributed by atoms with Crippen LogP contribution in [0.15, 0.2) is 45.8 Å². The lowest BCUT2D eigenvalue weighted by Gasteiger charge is -2.24. The lowest BCUT2D eigenvalue weighted by Crippen LogP contribution is -2.32. The fraction of sp³-hybridized carbons (Fsp3) is 0.222. The zero-order valence-electron chi connectivity index (χ0n) is 14.2. The van der Waals surface area contributed by atoms with Crippen LogP contribution in [-0.4, -0.2) is 26.2 Å². The van der Waals surface area contributed by atoms with Crippen LogP contribution in [0.1, 0.15) is 10.8 Å². The van der Waals surface area contributed by atoms with Gasteiger partial charge in [-0.2, -0.15) is 0 Å². The lowest BCUT2D eigenvalue weighted by atomic mass is 9.97. The first kappa shape index (κ1) is 21.3. The van der Waals surface area contributed by atoms with E-state index in [0.717, 1.165) is 36.5 Å². The molecule has 0 aliphatic heterocycles. The monoisotopic (exact) mass is 462 g/mol. The maximum Gasteiger partial charge on any atom is 0.321 e. The standard InChI is InChI=1S/C18H14BrF3O4S/c1-25-17(23)14(18(24)26-2)16(27-10-5-3-9(19)4-6-10)13-11(20)7-8-12(21)15(13)22/h3-8,14,16H,1-2H3. The second kappa shape index (κ2) is 9.27. The molecule has 2 rings (SSSR count). The Labute approximate surface area is 166 Å². The van der Waals surface area contributed by atoms with Crippen LogP contribution < -0.4 is 0 Å². The number of esters is 2. The van der Waals surface area contributed by atoms with Crippen LogP contribution in [-0.2, 0) is 19.1 Å². The number of halogens is 4. The molecule has 0 aliphatic carbocycles. The van der Waals surface area contributed by atoms with Gasteiger partial charge in [0.1, 0.15) is 5.82 Å². The van der Waals surface area contributed by atoms with Crippen LogP contribution in [0, 0.1) is 23.4 Å². The molecule has 2 aromatic rings. The SMILES string of the molecule is COC(=O)C(C(=O)OC)C(Sc1ccc(Br)cc1)c1c(F)ccc(F)c1F. The molecular formula is C18H14BrF3O4S. The summed E-state index contributed by atoms with van der Waals surface area (Å²) in [5.74, 6) is -7.71. The van der Waals surface area contributed by atoms with Crippen molar-refractivity contribution in [1.29, 1.82) is 0 Å². The highest BCUT2D eigenvalue weighted by atomic mass is 79.9. The maximum absolute atomic E-state index is 14.4. The molecule has 27 heavy (non-hydrogen) atoms. The molecule has 0 saturated carbocycles. The van der Waals surface area contributed by atoms with Gasteiger partial charge in [0.15, 0.2) is 17.6 Å². The van der Waals surface area contributed by atoms with Gasteiger partial charge in [-0.1, -0.05) is 15.9 Å². The van der Waals surface area contributed by atoms with E-state index in [1.54, 1.807) is 24.3 Å².